The zero-order valence-electron chi connectivity index (χ0n) is 15.4. The van der Waals surface area contributed by atoms with Crippen LogP contribution in [0.5, 0.6) is 0 Å². The van der Waals surface area contributed by atoms with Gasteiger partial charge in [0.1, 0.15) is 0 Å². The van der Waals surface area contributed by atoms with E-state index in [1.54, 1.807) is 30.5 Å². The highest BCUT2D eigenvalue weighted by molar-refractivity contribution is 7.92. The number of fused-ring (bicyclic) bond motifs is 1. The molecule has 3 aromatic rings. The summed E-state index contributed by atoms with van der Waals surface area (Å²) in [5.41, 5.74) is 1.41. The van der Waals surface area contributed by atoms with Crippen molar-refractivity contribution >= 4 is 38.2 Å². The maximum absolute atomic E-state index is 11.7. The molecule has 2 aromatic carbocycles. The number of hydrogen-bond donors (Lipinski definition) is 1. The molecule has 8 heteroatoms. The van der Waals surface area contributed by atoms with Crippen molar-refractivity contribution in [3.05, 3.63) is 82.9 Å². The summed E-state index contributed by atoms with van der Waals surface area (Å²) in [5.74, 6) is 0. The lowest BCUT2D eigenvalue weighted by atomic mass is 9.87. The highest BCUT2D eigenvalue weighted by Gasteiger charge is 2.32. The maximum atomic E-state index is 11.7. The fourth-order valence-corrected chi connectivity index (χ4v) is 4.02. The normalized spacial score (nSPS) is 14.1. The van der Waals surface area contributed by atoms with Crippen molar-refractivity contribution in [2.75, 3.05) is 11.0 Å². The number of halogens is 1. The van der Waals surface area contributed by atoms with Crippen molar-refractivity contribution in [1.82, 2.24) is 9.78 Å². The van der Waals surface area contributed by atoms with Crippen molar-refractivity contribution in [3.8, 4) is 0 Å². The van der Waals surface area contributed by atoms with Gasteiger partial charge in [0.05, 0.1) is 35.8 Å². The molecule has 1 atom stereocenters. The number of allylic oxidation sites excluding steroid dienone is 1. The maximum Gasteiger partial charge on any atom is 0.229 e. The van der Waals surface area contributed by atoms with Gasteiger partial charge in [0.15, 0.2) is 6.20 Å². The Balaban J connectivity index is 2.28. The molecule has 28 heavy (non-hydrogen) atoms. The molecule has 0 saturated heterocycles. The highest BCUT2D eigenvalue weighted by Crippen LogP contribution is 2.36. The molecular weight excluding hydrogens is 396 g/mol. The Labute approximate surface area is 169 Å². The molecule has 0 amide bonds. The molecule has 1 unspecified atom stereocenters. The SMILES string of the molecule is [C-]#[N+]/C=C/C(CC)(c1ccc(Cl)cc1)n1ncc2c(NS(C)(=O)=O)cccc21. The van der Waals surface area contributed by atoms with Gasteiger partial charge in [-0.15, -0.1) is 0 Å². The topological polar surface area (TPSA) is 68.3 Å². The van der Waals surface area contributed by atoms with Crippen LogP contribution in [0.3, 0.4) is 0 Å². The summed E-state index contributed by atoms with van der Waals surface area (Å²) in [4.78, 5) is 3.38. The van der Waals surface area contributed by atoms with Gasteiger partial charge in [-0.05, 0) is 36.2 Å². The zero-order valence-corrected chi connectivity index (χ0v) is 17.0. The lowest BCUT2D eigenvalue weighted by Crippen LogP contribution is -2.33. The highest BCUT2D eigenvalue weighted by atomic mass is 35.5. The molecule has 6 nitrogen and oxygen atoms in total. The van der Waals surface area contributed by atoms with Crippen molar-refractivity contribution in [1.29, 1.82) is 0 Å². The van der Waals surface area contributed by atoms with Crippen molar-refractivity contribution < 1.29 is 8.42 Å². The molecule has 0 radical (unpaired) electrons. The third-order valence-electron chi connectivity index (χ3n) is 4.59. The zero-order chi connectivity index (χ0) is 20.4. The molecule has 0 saturated carbocycles. The van der Waals surface area contributed by atoms with Gasteiger partial charge in [-0.3, -0.25) is 9.40 Å². The first-order valence-electron chi connectivity index (χ1n) is 8.56. The lowest BCUT2D eigenvalue weighted by molar-refractivity contribution is 0.402. The van der Waals surface area contributed by atoms with E-state index in [9.17, 15) is 8.42 Å². The van der Waals surface area contributed by atoms with Crippen LogP contribution in [0, 0.1) is 6.57 Å². The van der Waals surface area contributed by atoms with Gasteiger partial charge in [0.25, 0.3) is 0 Å². The molecule has 0 aliphatic carbocycles. The van der Waals surface area contributed by atoms with Crippen LogP contribution in [0.25, 0.3) is 15.7 Å². The number of nitrogens with one attached hydrogen (secondary N) is 1. The molecule has 0 fully saturated rings. The first-order valence-corrected chi connectivity index (χ1v) is 10.8. The molecule has 0 spiro atoms. The van der Waals surface area contributed by atoms with E-state index >= 15 is 0 Å². The van der Waals surface area contributed by atoms with Crippen LogP contribution in [-0.4, -0.2) is 24.5 Å². The average molecular weight is 415 g/mol. The minimum atomic E-state index is -3.43. The summed E-state index contributed by atoms with van der Waals surface area (Å²) in [7, 11) is -3.43. The van der Waals surface area contributed by atoms with Gasteiger partial charge in [-0.2, -0.15) is 5.10 Å². The molecular formula is C20H19ClN4O2S. The van der Waals surface area contributed by atoms with Crippen molar-refractivity contribution in [2.45, 2.75) is 18.9 Å². The number of anilines is 1. The third-order valence-corrected chi connectivity index (χ3v) is 5.44. The number of nitrogens with zero attached hydrogens (tertiary/aromatic N) is 3. The Morgan fingerprint density at radius 2 is 2.00 bits per heavy atom. The van der Waals surface area contributed by atoms with Gasteiger partial charge in [0.2, 0.25) is 10.0 Å². The smallest absolute Gasteiger partial charge is 0.229 e. The van der Waals surface area contributed by atoms with Gasteiger partial charge in [0, 0.05) is 10.4 Å². The minimum Gasteiger partial charge on any atom is -0.283 e. The Hall–Kier alpha value is -2.82. The molecule has 0 aliphatic heterocycles. The van der Waals surface area contributed by atoms with Crippen molar-refractivity contribution in [3.63, 3.8) is 0 Å². The lowest BCUT2D eigenvalue weighted by Gasteiger charge is -2.32. The second-order valence-corrected chi connectivity index (χ2v) is 8.58. The van der Waals surface area contributed by atoms with E-state index in [1.165, 1.54) is 6.20 Å². The summed E-state index contributed by atoms with van der Waals surface area (Å²) >= 11 is 6.06. The second-order valence-electron chi connectivity index (χ2n) is 6.40. The van der Waals surface area contributed by atoms with Gasteiger partial charge in [-0.25, -0.2) is 13.3 Å². The molecule has 1 N–H and O–H groups in total. The monoisotopic (exact) mass is 414 g/mol. The molecule has 3 rings (SSSR count). The van der Waals surface area contributed by atoms with E-state index in [2.05, 4.69) is 14.7 Å². The number of sulfonamides is 1. The van der Waals surface area contributed by atoms with Crippen LogP contribution >= 0.6 is 11.6 Å². The summed E-state index contributed by atoms with van der Waals surface area (Å²) in [5, 5.41) is 5.87. The minimum absolute atomic E-state index is 0.460. The van der Waals surface area contributed by atoms with Crippen LogP contribution in [0.1, 0.15) is 18.9 Å². The first kappa shape index (κ1) is 19.9. The Kier molecular flexibility index (Phi) is 5.45. The first-order chi connectivity index (χ1) is 13.3. The second kappa shape index (κ2) is 7.66. The fourth-order valence-electron chi connectivity index (χ4n) is 3.32. The van der Waals surface area contributed by atoms with Crippen LogP contribution in [0.4, 0.5) is 5.69 Å². The standard InChI is InChI=1S/C20H19ClN4O2S/c1-4-20(12-13-22-2,15-8-10-16(21)11-9-15)25-19-7-5-6-18(17(19)14-23-25)24-28(3,26)27/h5-14,24H,4H2,1,3H3/b13-12+. The predicted molar refractivity (Wildman–Crippen MR) is 113 cm³/mol. The van der Waals surface area contributed by atoms with Crippen LogP contribution in [-0.2, 0) is 15.6 Å². The number of aromatic nitrogens is 2. The van der Waals surface area contributed by atoms with Gasteiger partial charge >= 0.3 is 0 Å². The van der Waals surface area contributed by atoms with Crippen LogP contribution in [0.2, 0.25) is 5.02 Å². The van der Waals surface area contributed by atoms with E-state index in [1.807, 2.05) is 35.9 Å². The average Bonchev–Trinajstić information content (AvgIpc) is 3.09. The number of hydrogen-bond acceptors (Lipinski definition) is 3. The molecule has 0 aliphatic rings. The Morgan fingerprint density at radius 1 is 1.29 bits per heavy atom. The van der Waals surface area contributed by atoms with Gasteiger partial charge < -0.3 is 0 Å². The van der Waals surface area contributed by atoms with Gasteiger partial charge in [-0.1, -0.05) is 42.8 Å². The van der Waals surface area contributed by atoms with E-state index in [-0.39, 0.29) is 0 Å². The summed E-state index contributed by atoms with van der Waals surface area (Å²) in [6, 6.07) is 12.8. The molecule has 1 heterocycles. The summed E-state index contributed by atoms with van der Waals surface area (Å²) < 4.78 is 27.8. The van der Waals surface area contributed by atoms with Crippen molar-refractivity contribution in [2.24, 2.45) is 0 Å². The summed E-state index contributed by atoms with van der Waals surface area (Å²) in [6.45, 7) is 9.20. The van der Waals surface area contributed by atoms with E-state index < -0.39 is 15.6 Å². The Bertz CT molecular complexity index is 1180. The largest absolute Gasteiger partial charge is 0.283 e. The third kappa shape index (κ3) is 3.75. The van der Waals surface area contributed by atoms with Crippen LogP contribution < -0.4 is 4.72 Å². The molecule has 144 valence electrons. The number of rotatable bonds is 6. The summed E-state index contributed by atoms with van der Waals surface area (Å²) in [6.07, 6.45) is 6.60. The molecule has 1 aromatic heterocycles. The van der Waals surface area contributed by atoms with E-state index in [0.717, 1.165) is 17.3 Å². The molecule has 0 bridgehead atoms. The van der Waals surface area contributed by atoms with E-state index in [4.69, 9.17) is 18.2 Å². The van der Waals surface area contributed by atoms with Crippen LogP contribution in [0.15, 0.2) is 60.9 Å². The number of benzene rings is 2. The quantitative estimate of drug-likeness (QED) is 0.597. The Morgan fingerprint density at radius 3 is 2.61 bits per heavy atom. The fraction of sp³-hybridized carbons (Fsp3) is 0.200. The predicted octanol–water partition coefficient (Wildman–Crippen LogP) is 4.65. The van der Waals surface area contributed by atoms with E-state index in [0.29, 0.717) is 22.5 Å².